The molecule has 8 nitrogen and oxygen atoms in total. The summed E-state index contributed by atoms with van der Waals surface area (Å²) in [4.78, 5) is 24.1. The third kappa shape index (κ3) is 5.42. The minimum absolute atomic E-state index is 0.0580. The predicted molar refractivity (Wildman–Crippen MR) is 95.9 cm³/mol. The first-order chi connectivity index (χ1) is 14.5. The zero-order valence-electron chi connectivity index (χ0n) is 15.4. The molecule has 0 bridgehead atoms. The third-order valence-corrected chi connectivity index (χ3v) is 4.04. The lowest BCUT2D eigenvalue weighted by atomic mass is 10.1. The minimum Gasteiger partial charge on any atom is -0.432 e. The number of rotatable bonds is 6. The van der Waals surface area contributed by atoms with Gasteiger partial charge < -0.3 is 10.1 Å². The Kier molecular flexibility index (Phi) is 6.34. The first kappa shape index (κ1) is 22.3. The van der Waals surface area contributed by atoms with Gasteiger partial charge in [0.15, 0.2) is 11.6 Å². The Bertz CT molecular complexity index is 1070. The molecule has 1 aromatic carbocycles. The normalized spacial score (nSPS) is 12.6. The summed E-state index contributed by atoms with van der Waals surface area (Å²) in [5, 5.41) is 6.14. The van der Waals surface area contributed by atoms with Gasteiger partial charge in [-0.1, -0.05) is 11.6 Å². The number of amides is 1. The quantitative estimate of drug-likeness (QED) is 0.560. The van der Waals surface area contributed by atoms with E-state index < -0.39 is 30.3 Å². The molecule has 0 aliphatic rings. The molecule has 0 radical (unpaired) electrons. The van der Waals surface area contributed by atoms with Crippen molar-refractivity contribution >= 4 is 17.5 Å². The van der Waals surface area contributed by atoms with Crippen molar-refractivity contribution < 1.29 is 31.5 Å². The number of benzene rings is 1. The lowest BCUT2D eigenvalue weighted by Gasteiger charge is -2.15. The second kappa shape index (κ2) is 8.79. The lowest BCUT2D eigenvalue weighted by molar-refractivity contribution is -0.137. The van der Waals surface area contributed by atoms with Gasteiger partial charge >= 0.3 is 12.8 Å². The second-order valence-corrected chi connectivity index (χ2v) is 6.49. The molecule has 2 heterocycles. The van der Waals surface area contributed by atoms with Gasteiger partial charge in [0, 0.05) is 10.6 Å². The van der Waals surface area contributed by atoms with Crippen molar-refractivity contribution in [1.82, 2.24) is 30.0 Å². The van der Waals surface area contributed by atoms with Crippen LogP contribution in [0.4, 0.5) is 22.0 Å². The predicted octanol–water partition coefficient (Wildman–Crippen LogP) is 3.82. The highest BCUT2D eigenvalue weighted by Gasteiger charge is 2.32. The Labute approximate surface area is 176 Å². The molecule has 164 valence electrons. The number of alkyl halides is 5. The molecule has 1 N–H and O–H groups in total. The number of aromatic nitrogens is 5. The average molecular weight is 463 g/mol. The van der Waals surface area contributed by atoms with Crippen LogP contribution < -0.4 is 10.1 Å². The fourth-order valence-corrected chi connectivity index (χ4v) is 2.75. The lowest BCUT2D eigenvalue weighted by Crippen LogP contribution is -2.29. The van der Waals surface area contributed by atoms with Gasteiger partial charge in [0.25, 0.3) is 11.9 Å². The molecule has 1 atom stereocenters. The van der Waals surface area contributed by atoms with Gasteiger partial charge in [-0.25, -0.2) is 15.0 Å². The first-order valence-electron chi connectivity index (χ1n) is 8.40. The number of carbonyl (C=O) groups excluding carboxylic acids is 1. The van der Waals surface area contributed by atoms with Gasteiger partial charge in [-0.05, 0) is 25.1 Å². The van der Waals surface area contributed by atoms with Crippen molar-refractivity contribution in [2.24, 2.45) is 0 Å². The van der Waals surface area contributed by atoms with Gasteiger partial charge in [-0.2, -0.15) is 31.7 Å². The maximum atomic E-state index is 13.0. The van der Waals surface area contributed by atoms with Gasteiger partial charge in [0.2, 0.25) is 0 Å². The fraction of sp³-hybridized carbons (Fsp3) is 0.235. The maximum Gasteiger partial charge on any atom is 0.416 e. The number of hydrogen-bond donors (Lipinski definition) is 1. The number of hydrogen-bond acceptors (Lipinski definition) is 6. The van der Waals surface area contributed by atoms with E-state index in [4.69, 9.17) is 11.6 Å². The number of nitrogens with one attached hydrogen (secondary N) is 1. The Morgan fingerprint density at radius 3 is 2.45 bits per heavy atom. The largest absolute Gasteiger partial charge is 0.432 e. The highest BCUT2D eigenvalue weighted by atomic mass is 35.5. The first-order valence-corrected chi connectivity index (χ1v) is 8.78. The summed E-state index contributed by atoms with van der Waals surface area (Å²) < 4.78 is 68.6. The molecule has 0 fully saturated rings. The van der Waals surface area contributed by atoms with Crippen LogP contribution in [0.2, 0.25) is 5.02 Å². The smallest absolute Gasteiger partial charge is 0.416 e. The van der Waals surface area contributed by atoms with Crippen molar-refractivity contribution in [2.45, 2.75) is 25.8 Å². The topological polar surface area (TPSA) is 94.8 Å². The van der Waals surface area contributed by atoms with Gasteiger partial charge in [-0.15, -0.1) is 0 Å². The average Bonchev–Trinajstić information content (AvgIpc) is 3.17. The van der Waals surface area contributed by atoms with E-state index in [1.807, 2.05) is 0 Å². The van der Waals surface area contributed by atoms with Crippen LogP contribution in [-0.2, 0) is 6.18 Å². The van der Waals surface area contributed by atoms with Crippen LogP contribution >= 0.6 is 11.6 Å². The van der Waals surface area contributed by atoms with Crippen molar-refractivity contribution in [3.8, 4) is 11.7 Å². The molecule has 3 rings (SSSR count). The van der Waals surface area contributed by atoms with E-state index in [9.17, 15) is 26.7 Å². The van der Waals surface area contributed by atoms with Crippen LogP contribution in [0.15, 0.2) is 36.9 Å². The van der Waals surface area contributed by atoms with Crippen molar-refractivity contribution in [2.75, 3.05) is 0 Å². The minimum atomic E-state index is -4.68. The van der Waals surface area contributed by atoms with E-state index in [1.54, 1.807) is 0 Å². The van der Waals surface area contributed by atoms with Crippen molar-refractivity contribution in [1.29, 1.82) is 0 Å². The number of nitrogens with zero attached hydrogens (tertiary/aromatic N) is 5. The molecule has 0 spiro atoms. The Morgan fingerprint density at radius 2 is 1.84 bits per heavy atom. The van der Waals surface area contributed by atoms with Crippen molar-refractivity contribution in [3.63, 3.8) is 0 Å². The Morgan fingerprint density at radius 1 is 1.16 bits per heavy atom. The summed E-state index contributed by atoms with van der Waals surface area (Å²) in [6.07, 6.45) is -1.56. The van der Waals surface area contributed by atoms with E-state index in [-0.39, 0.29) is 28.1 Å². The van der Waals surface area contributed by atoms with Gasteiger partial charge in [0.1, 0.15) is 6.33 Å². The summed E-state index contributed by atoms with van der Waals surface area (Å²) in [5.74, 6) is -1.04. The second-order valence-electron chi connectivity index (χ2n) is 6.05. The van der Waals surface area contributed by atoms with Crippen molar-refractivity contribution in [3.05, 3.63) is 58.9 Å². The van der Waals surface area contributed by atoms with Gasteiger partial charge in [-0.3, -0.25) is 4.79 Å². The number of carbonyl (C=O) groups is 1. The molecule has 3 aromatic rings. The Balaban J connectivity index is 1.80. The highest BCUT2D eigenvalue weighted by Crippen LogP contribution is 2.32. The van der Waals surface area contributed by atoms with E-state index in [0.717, 1.165) is 29.5 Å². The molecule has 0 aliphatic heterocycles. The third-order valence-electron chi connectivity index (χ3n) is 3.83. The molecule has 0 unspecified atom stereocenters. The Hall–Kier alpha value is -3.35. The molecule has 2 aromatic heterocycles. The fourth-order valence-electron chi connectivity index (χ4n) is 2.51. The zero-order chi connectivity index (χ0) is 22.8. The monoisotopic (exact) mass is 462 g/mol. The molecule has 31 heavy (non-hydrogen) atoms. The molecule has 0 aliphatic carbocycles. The number of halogens is 6. The maximum absolute atomic E-state index is 13.0. The van der Waals surface area contributed by atoms with Crippen LogP contribution in [0.25, 0.3) is 5.95 Å². The van der Waals surface area contributed by atoms with E-state index in [1.165, 1.54) is 6.92 Å². The van der Waals surface area contributed by atoms with Crippen LogP contribution in [0.1, 0.15) is 34.7 Å². The summed E-state index contributed by atoms with van der Waals surface area (Å²) in [7, 11) is 0. The van der Waals surface area contributed by atoms with Crippen LogP contribution in [0.5, 0.6) is 5.75 Å². The SMILES string of the molecule is C[C@H](NC(=O)c1cc(Cl)cc(C(F)(F)F)c1)c1ncnn1-c1ncc(OC(F)F)cn1. The molecule has 0 saturated carbocycles. The standard InChI is InChI=1S/C17H12ClF5N6O2/c1-8(28-14(30)9-2-10(17(21,22)23)4-11(18)3-9)13-26-7-27-29(13)16-24-5-12(6-25-16)31-15(19)20/h2-8,15H,1H3,(H,28,30)/t8-/m0/s1. The molecule has 0 saturated heterocycles. The van der Waals surface area contributed by atoms with E-state index >= 15 is 0 Å². The molecule has 14 heteroatoms. The molecule has 1 amide bonds. The molecular weight excluding hydrogens is 451 g/mol. The summed E-state index contributed by atoms with van der Waals surface area (Å²) >= 11 is 5.71. The van der Waals surface area contributed by atoms with E-state index in [0.29, 0.717) is 12.1 Å². The molecular formula is C17H12ClF5N6O2. The van der Waals surface area contributed by atoms with Crippen LogP contribution in [0, 0.1) is 0 Å². The van der Waals surface area contributed by atoms with Gasteiger partial charge in [0.05, 0.1) is 24.0 Å². The van der Waals surface area contributed by atoms with Crippen LogP contribution in [0.3, 0.4) is 0 Å². The zero-order valence-corrected chi connectivity index (χ0v) is 16.2. The number of ether oxygens (including phenoxy) is 1. The summed E-state index contributed by atoms with van der Waals surface area (Å²) in [5.41, 5.74) is -1.37. The summed E-state index contributed by atoms with van der Waals surface area (Å²) in [6, 6.07) is 1.62. The highest BCUT2D eigenvalue weighted by molar-refractivity contribution is 6.31. The van der Waals surface area contributed by atoms with Crippen LogP contribution in [-0.4, -0.2) is 37.3 Å². The summed E-state index contributed by atoms with van der Waals surface area (Å²) in [6.45, 7) is -1.54. The van der Waals surface area contributed by atoms with E-state index in [2.05, 4.69) is 30.1 Å².